The minimum absolute atomic E-state index is 0.129. The Bertz CT molecular complexity index is 676. The lowest BCUT2D eigenvalue weighted by Gasteiger charge is -2.07. The number of thioether (sulfide) groups is 1. The molecule has 21 heavy (non-hydrogen) atoms. The van der Waals surface area contributed by atoms with Crippen molar-refractivity contribution in [3.05, 3.63) is 58.6 Å². The van der Waals surface area contributed by atoms with E-state index in [-0.39, 0.29) is 11.7 Å². The Balaban J connectivity index is 1.92. The standard InChI is InChI=1S/C15H13BrN2O2S/c16-11-6-2-1-5-10(11)15(20)18-14(19)9-21-13-8-4-3-7-12(13)17/h1-8H,9,17H2,(H,18,19,20). The van der Waals surface area contributed by atoms with Crippen LogP contribution in [0.4, 0.5) is 5.69 Å². The second-order valence-corrected chi connectivity index (χ2v) is 6.06. The summed E-state index contributed by atoms with van der Waals surface area (Å²) in [6.45, 7) is 0. The average molecular weight is 365 g/mol. The predicted octanol–water partition coefficient (Wildman–Crippen LogP) is 3.08. The van der Waals surface area contributed by atoms with Crippen molar-refractivity contribution >= 4 is 45.2 Å². The second kappa shape index (κ2) is 7.28. The smallest absolute Gasteiger partial charge is 0.259 e. The summed E-state index contributed by atoms with van der Waals surface area (Å²) in [6, 6.07) is 14.2. The number of nitrogens with one attached hydrogen (secondary N) is 1. The van der Waals surface area contributed by atoms with Crippen molar-refractivity contribution in [1.29, 1.82) is 0 Å². The van der Waals surface area contributed by atoms with Crippen molar-refractivity contribution in [1.82, 2.24) is 5.32 Å². The summed E-state index contributed by atoms with van der Waals surface area (Å²) in [5.41, 5.74) is 6.84. The molecule has 2 amide bonds. The topological polar surface area (TPSA) is 72.2 Å². The third-order valence-corrected chi connectivity index (χ3v) is 4.43. The molecule has 0 saturated heterocycles. The molecule has 2 aromatic rings. The Hall–Kier alpha value is -1.79. The fraction of sp³-hybridized carbons (Fsp3) is 0.0667. The molecule has 0 spiro atoms. The molecule has 6 heteroatoms. The van der Waals surface area contributed by atoms with E-state index in [0.29, 0.717) is 15.7 Å². The van der Waals surface area contributed by atoms with Crippen LogP contribution < -0.4 is 11.1 Å². The van der Waals surface area contributed by atoms with Gasteiger partial charge in [-0.15, -0.1) is 11.8 Å². The third-order valence-electron chi connectivity index (χ3n) is 2.65. The van der Waals surface area contributed by atoms with Crippen molar-refractivity contribution in [2.24, 2.45) is 0 Å². The highest BCUT2D eigenvalue weighted by Crippen LogP contribution is 2.24. The third kappa shape index (κ3) is 4.34. The fourth-order valence-electron chi connectivity index (χ4n) is 1.63. The maximum absolute atomic E-state index is 12.0. The Labute approximate surface area is 135 Å². The van der Waals surface area contributed by atoms with Gasteiger partial charge in [-0.1, -0.05) is 24.3 Å². The van der Waals surface area contributed by atoms with Crippen LogP contribution in [0.2, 0.25) is 0 Å². The van der Waals surface area contributed by atoms with Crippen LogP contribution in [0.3, 0.4) is 0 Å². The second-order valence-electron chi connectivity index (χ2n) is 4.18. The number of carbonyl (C=O) groups is 2. The van der Waals surface area contributed by atoms with Gasteiger partial charge < -0.3 is 5.73 Å². The lowest BCUT2D eigenvalue weighted by molar-refractivity contribution is -0.117. The van der Waals surface area contributed by atoms with Gasteiger partial charge in [0.05, 0.1) is 11.3 Å². The molecule has 0 aliphatic carbocycles. The van der Waals surface area contributed by atoms with E-state index < -0.39 is 5.91 Å². The molecule has 0 atom stereocenters. The van der Waals surface area contributed by atoms with Gasteiger partial charge in [-0.05, 0) is 40.2 Å². The van der Waals surface area contributed by atoms with Gasteiger partial charge in [0.2, 0.25) is 5.91 Å². The summed E-state index contributed by atoms with van der Waals surface area (Å²) in [5, 5.41) is 2.36. The highest BCUT2D eigenvalue weighted by atomic mass is 79.9. The SMILES string of the molecule is Nc1ccccc1SCC(=O)NC(=O)c1ccccc1Br. The summed E-state index contributed by atoms with van der Waals surface area (Å²) in [4.78, 5) is 24.6. The Morgan fingerprint density at radius 1 is 1.10 bits per heavy atom. The number of nitrogens with two attached hydrogens (primary N) is 1. The molecule has 4 nitrogen and oxygen atoms in total. The van der Waals surface area contributed by atoms with E-state index in [0.717, 1.165) is 4.90 Å². The number of halogens is 1. The quantitative estimate of drug-likeness (QED) is 0.645. The molecular formula is C15H13BrN2O2S. The van der Waals surface area contributed by atoms with Gasteiger partial charge in [0.15, 0.2) is 0 Å². The van der Waals surface area contributed by atoms with E-state index in [1.165, 1.54) is 11.8 Å². The lowest BCUT2D eigenvalue weighted by atomic mass is 10.2. The molecule has 0 saturated carbocycles. The first-order chi connectivity index (χ1) is 10.1. The zero-order valence-corrected chi connectivity index (χ0v) is 13.4. The van der Waals surface area contributed by atoms with Gasteiger partial charge in [-0.25, -0.2) is 0 Å². The van der Waals surface area contributed by atoms with Crippen molar-refractivity contribution in [3.63, 3.8) is 0 Å². The average Bonchev–Trinajstić information content (AvgIpc) is 2.46. The van der Waals surface area contributed by atoms with Gasteiger partial charge >= 0.3 is 0 Å². The van der Waals surface area contributed by atoms with Crippen molar-refractivity contribution in [2.45, 2.75) is 4.90 Å². The molecule has 0 aliphatic heterocycles. The molecule has 108 valence electrons. The van der Waals surface area contributed by atoms with Gasteiger partial charge in [0.1, 0.15) is 0 Å². The number of amides is 2. The van der Waals surface area contributed by atoms with Crippen LogP contribution >= 0.6 is 27.7 Å². The maximum atomic E-state index is 12.0. The minimum Gasteiger partial charge on any atom is -0.398 e. The van der Waals surface area contributed by atoms with Gasteiger partial charge in [-0.3, -0.25) is 14.9 Å². The number of para-hydroxylation sites is 1. The van der Waals surface area contributed by atoms with E-state index >= 15 is 0 Å². The summed E-state index contributed by atoms with van der Waals surface area (Å²) >= 11 is 4.57. The zero-order chi connectivity index (χ0) is 15.2. The van der Waals surface area contributed by atoms with Gasteiger partial charge in [-0.2, -0.15) is 0 Å². The molecule has 0 radical (unpaired) electrons. The number of rotatable bonds is 4. The van der Waals surface area contributed by atoms with Crippen LogP contribution in [-0.4, -0.2) is 17.6 Å². The van der Waals surface area contributed by atoms with Crippen LogP contribution in [-0.2, 0) is 4.79 Å². The summed E-state index contributed by atoms with van der Waals surface area (Å²) in [7, 11) is 0. The molecule has 0 bridgehead atoms. The van der Waals surface area contributed by atoms with E-state index in [2.05, 4.69) is 21.2 Å². The van der Waals surface area contributed by atoms with Crippen molar-refractivity contribution in [2.75, 3.05) is 11.5 Å². The zero-order valence-electron chi connectivity index (χ0n) is 11.0. The summed E-state index contributed by atoms with van der Waals surface area (Å²) in [5.74, 6) is -0.650. The number of benzene rings is 2. The van der Waals surface area contributed by atoms with Crippen LogP contribution in [0.1, 0.15) is 10.4 Å². The van der Waals surface area contributed by atoms with Crippen LogP contribution in [0.25, 0.3) is 0 Å². The normalized spacial score (nSPS) is 10.1. The first-order valence-electron chi connectivity index (χ1n) is 6.14. The monoisotopic (exact) mass is 364 g/mol. The molecule has 0 aliphatic rings. The molecule has 0 heterocycles. The number of nitrogen functional groups attached to an aromatic ring is 1. The number of carbonyl (C=O) groups excluding carboxylic acids is 2. The Morgan fingerprint density at radius 2 is 1.76 bits per heavy atom. The first-order valence-corrected chi connectivity index (χ1v) is 7.92. The fourth-order valence-corrected chi connectivity index (χ4v) is 2.86. The first kappa shape index (κ1) is 15.6. The number of imide groups is 1. The molecule has 0 aromatic heterocycles. The van der Waals surface area contributed by atoms with Crippen LogP contribution in [0, 0.1) is 0 Å². The van der Waals surface area contributed by atoms with Crippen LogP contribution in [0.5, 0.6) is 0 Å². The van der Waals surface area contributed by atoms with Crippen molar-refractivity contribution < 1.29 is 9.59 Å². The van der Waals surface area contributed by atoms with Crippen LogP contribution in [0.15, 0.2) is 57.9 Å². The molecule has 0 fully saturated rings. The van der Waals surface area contributed by atoms with E-state index in [9.17, 15) is 9.59 Å². The summed E-state index contributed by atoms with van der Waals surface area (Å²) < 4.78 is 0.648. The van der Waals surface area contributed by atoms with Crippen molar-refractivity contribution in [3.8, 4) is 0 Å². The molecule has 3 N–H and O–H groups in total. The number of anilines is 1. The van der Waals surface area contributed by atoms with E-state index in [1.54, 1.807) is 30.3 Å². The molecule has 2 rings (SSSR count). The van der Waals surface area contributed by atoms with E-state index in [1.807, 2.05) is 18.2 Å². The van der Waals surface area contributed by atoms with Gasteiger partial charge in [0, 0.05) is 15.1 Å². The molecular weight excluding hydrogens is 352 g/mol. The lowest BCUT2D eigenvalue weighted by Crippen LogP contribution is -2.32. The summed E-state index contributed by atoms with van der Waals surface area (Å²) in [6.07, 6.45) is 0. The molecule has 2 aromatic carbocycles. The van der Waals surface area contributed by atoms with Gasteiger partial charge in [0.25, 0.3) is 5.91 Å². The Kier molecular flexibility index (Phi) is 5.41. The van der Waals surface area contributed by atoms with E-state index in [4.69, 9.17) is 5.73 Å². The Morgan fingerprint density at radius 3 is 2.48 bits per heavy atom. The number of hydrogen-bond acceptors (Lipinski definition) is 4. The largest absolute Gasteiger partial charge is 0.398 e. The predicted molar refractivity (Wildman–Crippen MR) is 88.2 cm³/mol. The number of hydrogen-bond donors (Lipinski definition) is 2. The highest BCUT2D eigenvalue weighted by Gasteiger charge is 2.13. The molecule has 0 unspecified atom stereocenters. The maximum Gasteiger partial charge on any atom is 0.259 e. The highest BCUT2D eigenvalue weighted by molar-refractivity contribution is 9.10. The minimum atomic E-state index is -0.422.